The number of aryl methyl sites for hydroxylation is 1. The van der Waals surface area contributed by atoms with Gasteiger partial charge in [-0.25, -0.2) is 0 Å². The number of ether oxygens (including phenoxy) is 4. The van der Waals surface area contributed by atoms with Gasteiger partial charge in [0, 0.05) is 37.5 Å². The number of nitrogens with zero attached hydrogens (tertiary/aromatic N) is 1. The van der Waals surface area contributed by atoms with Gasteiger partial charge in [-0.3, -0.25) is 0 Å². The van der Waals surface area contributed by atoms with E-state index in [1.807, 2.05) is 0 Å². The van der Waals surface area contributed by atoms with Crippen molar-refractivity contribution in [3.8, 4) is 5.75 Å². The van der Waals surface area contributed by atoms with Crippen molar-refractivity contribution in [1.29, 1.82) is 0 Å². The molecule has 4 rings (SSSR count). The first kappa shape index (κ1) is 25.2. The molecule has 34 heavy (non-hydrogen) atoms. The third kappa shape index (κ3) is 6.03. The van der Waals surface area contributed by atoms with Gasteiger partial charge >= 0.3 is 0 Å². The number of methoxy groups -OCH3 is 2. The standard InChI is InChI=1S/C28H36BrNO4/c1-4-5-16-33-23-11-12-25-21(17-23)8-13-26(29)28(25)20-6-9-22(10-7-20)30-15-14-24(18-30)34-19-27(31-2)32-3/h6-7,9-12,17,24,27H,4-5,8,13-16,18-19H2,1-3H3/t24-/m0/s1. The lowest BCUT2D eigenvalue weighted by molar-refractivity contribution is -0.149. The number of allylic oxidation sites excluding steroid dienone is 1. The van der Waals surface area contributed by atoms with E-state index in [2.05, 4.69) is 70.2 Å². The molecule has 0 bridgehead atoms. The molecular formula is C28H36BrNO4. The molecule has 2 aliphatic rings. The average Bonchev–Trinajstić information content (AvgIpc) is 3.34. The quantitative estimate of drug-likeness (QED) is 0.256. The maximum Gasteiger partial charge on any atom is 0.180 e. The minimum Gasteiger partial charge on any atom is -0.494 e. The smallest absolute Gasteiger partial charge is 0.180 e. The third-order valence-corrected chi connectivity index (χ3v) is 7.45. The molecule has 1 saturated heterocycles. The zero-order valence-corrected chi connectivity index (χ0v) is 22.1. The van der Waals surface area contributed by atoms with Crippen molar-refractivity contribution in [1.82, 2.24) is 0 Å². The molecule has 0 N–H and O–H groups in total. The Morgan fingerprint density at radius 3 is 2.59 bits per heavy atom. The predicted octanol–water partition coefficient (Wildman–Crippen LogP) is 6.18. The highest BCUT2D eigenvalue weighted by Crippen LogP contribution is 2.40. The van der Waals surface area contributed by atoms with Crippen molar-refractivity contribution in [3.63, 3.8) is 0 Å². The minimum absolute atomic E-state index is 0.197. The summed E-state index contributed by atoms with van der Waals surface area (Å²) in [7, 11) is 3.28. The van der Waals surface area contributed by atoms with E-state index >= 15 is 0 Å². The van der Waals surface area contributed by atoms with Crippen LogP contribution in [0.4, 0.5) is 5.69 Å². The molecule has 2 aromatic carbocycles. The molecule has 1 aliphatic heterocycles. The SMILES string of the molecule is CCCCOc1ccc2c(c1)CCC(Br)=C2c1ccc(N2CC[C@H](OCC(OC)OC)C2)cc1. The molecule has 1 atom stereocenters. The largest absolute Gasteiger partial charge is 0.494 e. The van der Waals surface area contributed by atoms with Crippen LogP contribution in [0.15, 0.2) is 46.9 Å². The number of halogens is 1. The van der Waals surface area contributed by atoms with Crippen molar-refractivity contribution in [3.05, 3.63) is 63.6 Å². The van der Waals surface area contributed by atoms with E-state index in [1.165, 1.54) is 32.4 Å². The summed E-state index contributed by atoms with van der Waals surface area (Å²) in [5.74, 6) is 0.980. The van der Waals surface area contributed by atoms with Crippen LogP contribution in [0.3, 0.4) is 0 Å². The lowest BCUT2D eigenvalue weighted by atomic mass is 9.86. The van der Waals surface area contributed by atoms with Crippen LogP contribution >= 0.6 is 15.9 Å². The summed E-state index contributed by atoms with van der Waals surface area (Å²) in [4.78, 5) is 2.39. The minimum atomic E-state index is -0.308. The normalized spacial score (nSPS) is 18.0. The van der Waals surface area contributed by atoms with Gasteiger partial charge in [0.15, 0.2) is 6.29 Å². The summed E-state index contributed by atoms with van der Waals surface area (Å²) in [6.07, 6.45) is 5.18. The monoisotopic (exact) mass is 529 g/mol. The Bertz CT molecular complexity index is 971. The molecule has 0 saturated carbocycles. The van der Waals surface area contributed by atoms with Crippen LogP contribution in [0.25, 0.3) is 5.57 Å². The molecule has 0 radical (unpaired) electrons. The Kier molecular flexibility index (Phi) is 9.06. The highest BCUT2D eigenvalue weighted by Gasteiger charge is 2.25. The Balaban J connectivity index is 1.43. The van der Waals surface area contributed by atoms with E-state index in [9.17, 15) is 0 Å². The van der Waals surface area contributed by atoms with Crippen molar-refractivity contribution in [2.45, 2.75) is 51.4 Å². The Morgan fingerprint density at radius 1 is 1.06 bits per heavy atom. The second-order valence-electron chi connectivity index (χ2n) is 8.94. The summed E-state index contributed by atoms with van der Waals surface area (Å²) >= 11 is 3.87. The van der Waals surface area contributed by atoms with Gasteiger partial charge in [-0.15, -0.1) is 0 Å². The third-order valence-electron chi connectivity index (χ3n) is 6.66. The Labute approximate surface area is 212 Å². The molecule has 1 fully saturated rings. The summed E-state index contributed by atoms with van der Waals surface area (Å²) < 4.78 is 23.7. The van der Waals surface area contributed by atoms with Gasteiger partial charge in [-0.2, -0.15) is 0 Å². The number of unbranched alkanes of at least 4 members (excludes halogenated alkanes) is 1. The zero-order valence-electron chi connectivity index (χ0n) is 20.5. The average molecular weight is 531 g/mol. The maximum absolute atomic E-state index is 6.00. The first-order chi connectivity index (χ1) is 16.6. The van der Waals surface area contributed by atoms with Crippen molar-refractivity contribution in [2.75, 3.05) is 45.4 Å². The molecule has 1 aliphatic carbocycles. The van der Waals surface area contributed by atoms with Crippen molar-refractivity contribution >= 4 is 27.2 Å². The maximum atomic E-state index is 6.00. The Hall–Kier alpha value is -1.86. The second-order valence-corrected chi connectivity index (χ2v) is 9.90. The fourth-order valence-corrected chi connectivity index (χ4v) is 5.30. The highest BCUT2D eigenvalue weighted by molar-refractivity contribution is 9.11. The van der Waals surface area contributed by atoms with Crippen LogP contribution in [0.5, 0.6) is 5.75 Å². The molecule has 6 heteroatoms. The molecule has 5 nitrogen and oxygen atoms in total. The van der Waals surface area contributed by atoms with Crippen LogP contribution in [0.1, 0.15) is 49.3 Å². The summed E-state index contributed by atoms with van der Waals surface area (Å²) in [6.45, 7) is 5.30. The molecular weight excluding hydrogens is 494 g/mol. The lowest BCUT2D eigenvalue weighted by Crippen LogP contribution is -2.27. The fourth-order valence-electron chi connectivity index (χ4n) is 4.66. The van der Waals surface area contributed by atoms with Crippen LogP contribution in [-0.4, -0.2) is 52.9 Å². The molecule has 184 valence electrons. The fraction of sp³-hybridized carbons (Fsp3) is 0.500. The van der Waals surface area contributed by atoms with Crippen molar-refractivity contribution < 1.29 is 18.9 Å². The number of hydrogen-bond acceptors (Lipinski definition) is 5. The van der Waals surface area contributed by atoms with Crippen LogP contribution in [-0.2, 0) is 20.6 Å². The first-order valence-corrected chi connectivity index (χ1v) is 13.1. The summed E-state index contributed by atoms with van der Waals surface area (Å²) in [6, 6.07) is 15.5. The lowest BCUT2D eigenvalue weighted by Gasteiger charge is -2.23. The number of anilines is 1. The van der Waals surface area contributed by atoms with E-state index in [1.54, 1.807) is 14.2 Å². The molecule has 0 aromatic heterocycles. The van der Waals surface area contributed by atoms with Gasteiger partial charge in [-0.1, -0.05) is 47.5 Å². The van der Waals surface area contributed by atoms with E-state index in [0.29, 0.717) is 6.61 Å². The molecule has 0 spiro atoms. The van der Waals surface area contributed by atoms with Gasteiger partial charge in [0.05, 0.1) is 19.3 Å². The summed E-state index contributed by atoms with van der Waals surface area (Å²) in [5, 5.41) is 0. The van der Waals surface area contributed by atoms with Gasteiger partial charge in [-0.05, 0) is 72.2 Å². The summed E-state index contributed by atoms with van der Waals surface area (Å²) in [5.41, 5.74) is 6.43. The van der Waals surface area contributed by atoms with Crippen LogP contribution in [0.2, 0.25) is 0 Å². The van der Waals surface area contributed by atoms with Gasteiger partial charge in [0.2, 0.25) is 0 Å². The molecule has 1 heterocycles. The Morgan fingerprint density at radius 2 is 1.85 bits per heavy atom. The van der Waals surface area contributed by atoms with E-state index in [-0.39, 0.29) is 12.4 Å². The molecule has 2 aromatic rings. The van der Waals surface area contributed by atoms with Crippen molar-refractivity contribution in [2.24, 2.45) is 0 Å². The first-order valence-electron chi connectivity index (χ1n) is 12.3. The van der Waals surface area contributed by atoms with Gasteiger partial charge < -0.3 is 23.8 Å². The second kappa shape index (κ2) is 12.2. The zero-order chi connectivity index (χ0) is 23.9. The highest BCUT2D eigenvalue weighted by atomic mass is 79.9. The van der Waals surface area contributed by atoms with Gasteiger partial charge in [0.1, 0.15) is 5.75 Å². The number of fused-ring (bicyclic) bond motifs is 1. The van der Waals surface area contributed by atoms with Crippen LogP contribution in [0, 0.1) is 0 Å². The van der Waals surface area contributed by atoms with E-state index < -0.39 is 0 Å². The topological polar surface area (TPSA) is 40.2 Å². The number of benzene rings is 2. The number of hydrogen-bond donors (Lipinski definition) is 0. The molecule has 0 amide bonds. The molecule has 0 unspecified atom stereocenters. The van der Waals surface area contributed by atoms with E-state index in [0.717, 1.165) is 57.6 Å². The predicted molar refractivity (Wildman–Crippen MR) is 141 cm³/mol. The number of rotatable bonds is 11. The van der Waals surface area contributed by atoms with Gasteiger partial charge in [0.25, 0.3) is 0 Å². The van der Waals surface area contributed by atoms with Crippen LogP contribution < -0.4 is 9.64 Å². The van der Waals surface area contributed by atoms with E-state index in [4.69, 9.17) is 18.9 Å².